The number of benzene rings is 1. The van der Waals surface area contributed by atoms with Gasteiger partial charge in [0.2, 0.25) is 0 Å². The van der Waals surface area contributed by atoms with Crippen LogP contribution in [0, 0.1) is 5.82 Å². The van der Waals surface area contributed by atoms with E-state index in [9.17, 15) is 12.8 Å². The molecule has 1 heterocycles. The fourth-order valence-corrected chi connectivity index (χ4v) is 2.93. The predicted octanol–water partition coefficient (Wildman–Crippen LogP) is 2.30. The first-order valence-corrected chi connectivity index (χ1v) is 7.82. The van der Waals surface area contributed by atoms with E-state index in [0.717, 1.165) is 24.0 Å². The maximum Gasteiger partial charge on any atom is 0.263 e. The Morgan fingerprint density at radius 1 is 1.24 bits per heavy atom. The van der Waals surface area contributed by atoms with Gasteiger partial charge in [0.25, 0.3) is 10.0 Å². The number of nitrogens with one attached hydrogen (secondary N) is 2. The second kappa shape index (κ2) is 6.19. The molecule has 1 aromatic heterocycles. The molecule has 0 amide bonds. The number of pyridine rings is 1. The standard InChI is InChI=1S/C14H16FN3O2S/c1-10(16-2)13-5-3-4-6-14(13)18-21(19,20)12-7-11(15)8-17-9-12/h3-10,16,18H,1-2H3. The van der Waals surface area contributed by atoms with Crippen LogP contribution in [-0.4, -0.2) is 20.4 Å². The molecule has 21 heavy (non-hydrogen) atoms. The summed E-state index contributed by atoms with van der Waals surface area (Å²) in [6.07, 6.45) is 2.06. The molecule has 2 rings (SSSR count). The molecule has 0 fully saturated rings. The zero-order valence-electron chi connectivity index (χ0n) is 11.7. The van der Waals surface area contributed by atoms with Gasteiger partial charge in [0, 0.05) is 12.2 Å². The van der Waals surface area contributed by atoms with Crippen LogP contribution in [0.4, 0.5) is 10.1 Å². The Balaban J connectivity index is 2.38. The maximum atomic E-state index is 13.1. The fourth-order valence-electron chi connectivity index (χ4n) is 1.87. The number of hydrogen-bond donors (Lipinski definition) is 2. The van der Waals surface area contributed by atoms with Crippen LogP contribution in [0.3, 0.4) is 0 Å². The number of rotatable bonds is 5. The van der Waals surface area contributed by atoms with Gasteiger partial charge in [-0.15, -0.1) is 0 Å². The molecule has 1 aromatic carbocycles. The zero-order chi connectivity index (χ0) is 15.5. The number of aromatic nitrogens is 1. The lowest BCUT2D eigenvalue weighted by molar-refractivity contribution is 0.592. The van der Waals surface area contributed by atoms with Crippen LogP contribution in [0.1, 0.15) is 18.5 Å². The van der Waals surface area contributed by atoms with Gasteiger partial charge in [-0.05, 0) is 31.7 Å². The van der Waals surface area contributed by atoms with Gasteiger partial charge in [-0.2, -0.15) is 0 Å². The van der Waals surface area contributed by atoms with Crippen LogP contribution in [0.5, 0.6) is 0 Å². The molecular weight excluding hydrogens is 293 g/mol. The zero-order valence-corrected chi connectivity index (χ0v) is 12.5. The van der Waals surface area contributed by atoms with E-state index < -0.39 is 15.8 Å². The normalized spacial score (nSPS) is 12.9. The highest BCUT2D eigenvalue weighted by molar-refractivity contribution is 7.92. The van der Waals surface area contributed by atoms with Gasteiger partial charge in [0.1, 0.15) is 10.7 Å². The van der Waals surface area contributed by atoms with Crippen molar-refractivity contribution >= 4 is 15.7 Å². The quantitative estimate of drug-likeness (QED) is 0.889. The van der Waals surface area contributed by atoms with Crippen molar-refractivity contribution in [1.82, 2.24) is 10.3 Å². The summed E-state index contributed by atoms with van der Waals surface area (Å²) in [6.45, 7) is 1.91. The lowest BCUT2D eigenvalue weighted by Crippen LogP contribution is -2.18. The Labute approximate surface area is 123 Å². The number of nitrogens with zero attached hydrogens (tertiary/aromatic N) is 1. The summed E-state index contributed by atoms with van der Waals surface area (Å²) < 4.78 is 40.2. The van der Waals surface area contributed by atoms with Crippen LogP contribution < -0.4 is 10.0 Å². The molecule has 0 bridgehead atoms. The van der Waals surface area contributed by atoms with E-state index in [1.54, 1.807) is 19.2 Å². The maximum absolute atomic E-state index is 13.1. The van der Waals surface area contributed by atoms with Crippen molar-refractivity contribution in [3.63, 3.8) is 0 Å². The molecule has 0 radical (unpaired) electrons. The predicted molar refractivity (Wildman–Crippen MR) is 78.9 cm³/mol. The molecule has 1 unspecified atom stereocenters. The average Bonchev–Trinajstić information content (AvgIpc) is 2.46. The molecule has 0 spiro atoms. The molecule has 112 valence electrons. The Morgan fingerprint density at radius 3 is 2.62 bits per heavy atom. The lowest BCUT2D eigenvalue weighted by atomic mass is 10.1. The van der Waals surface area contributed by atoms with E-state index in [0.29, 0.717) is 5.69 Å². The third-order valence-corrected chi connectivity index (χ3v) is 4.43. The highest BCUT2D eigenvalue weighted by Crippen LogP contribution is 2.24. The summed E-state index contributed by atoms with van der Waals surface area (Å²) in [5, 5.41) is 3.05. The van der Waals surface area contributed by atoms with Crippen molar-refractivity contribution in [2.24, 2.45) is 0 Å². The van der Waals surface area contributed by atoms with Crippen LogP contribution >= 0.6 is 0 Å². The Hall–Kier alpha value is -1.99. The summed E-state index contributed by atoms with van der Waals surface area (Å²) in [6, 6.07) is 7.93. The van der Waals surface area contributed by atoms with Crippen LogP contribution in [-0.2, 0) is 10.0 Å². The highest BCUT2D eigenvalue weighted by Gasteiger charge is 2.18. The fraction of sp³-hybridized carbons (Fsp3) is 0.214. The minimum Gasteiger partial charge on any atom is -0.313 e. The van der Waals surface area contributed by atoms with Crippen molar-refractivity contribution in [2.45, 2.75) is 17.9 Å². The Bertz CT molecular complexity index is 735. The molecule has 2 N–H and O–H groups in total. The first-order chi connectivity index (χ1) is 9.94. The van der Waals surface area contributed by atoms with Crippen molar-refractivity contribution in [3.05, 3.63) is 54.1 Å². The third kappa shape index (κ3) is 3.56. The van der Waals surface area contributed by atoms with Gasteiger partial charge < -0.3 is 5.32 Å². The summed E-state index contributed by atoms with van der Waals surface area (Å²) >= 11 is 0. The van der Waals surface area contributed by atoms with Gasteiger partial charge in [0.15, 0.2) is 0 Å². The van der Waals surface area contributed by atoms with Gasteiger partial charge in [-0.3, -0.25) is 9.71 Å². The largest absolute Gasteiger partial charge is 0.313 e. The number of hydrogen-bond acceptors (Lipinski definition) is 4. The molecular formula is C14H16FN3O2S. The summed E-state index contributed by atoms with van der Waals surface area (Å²) in [7, 11) is -2.10. The van der Waals surface area contributed by atoms with E-state index in [2.05, 4.69) is 15.0 Å². The van der Waals surface area contributed by atoms with Crippen molar-refractivity contribution in [1.29, 1.82) is 0 Å². The smallest absolute Gasteiger partial charge is 0.263 e. The lowest BCUT2D eigenvalue weighted by Gasteiger charge is -2.17. The second-order valence-corrected chi connectivity index (χ2v) is 6.22. The molecule has 0 saturated heterocycles. The van der Waals surface area contributed by atoms with Gasteiger partial charge in [-0.25, -0.2) is 12.8 Å². The molecule has 2 aromatic rings. The minimum atomic E-state index is -3.88. The average molecular weight is 309 g/mol. The molecule has 0 aliphatic carbocycles. The topological polar surface area (TPSA) is 71.1 Å². The van der Waals surface area contributed by atoms with Crippen LogP contribution in [0.25, 0.3) is 0 Å². The van der Waals surface area contributed by atoms with Gasteiger partial charge >= 0.3 is 0 Å². The van der Waals surface area contributed by atoms with E-state index in [1.165, 1.54) is 0 Å². The molecule has 5 nitrogen and oxygen atoms in total. The molecule has 7 heteroatoms. The van der Waals surface area contributed by atoms with Crippen molar-refractivity contribution in [2.75, 3.05) is 11.8 Å². The van der Waals surface area contributed by atoms with Crippen LogP contribution in [0.2, 0.25) is 0 Å². The summed E-state index contributed by atoms with van der Waals surface area (Å²) in [5.41, 5.74) is 1.25. The summed E-state index contributed by atoms with van der Waals surface area (Å²) in [4.78, 5) is 3.35. The van der Waals surface area contributed by atoms with Crippen molar-refractivity contribution < 1.29 is 12.8 Å². The molecule has 1 atom stereocenters. The second-order valence-electron chi connectivity index (χ2n) is 4.54. The number of para-hydroxylation sites is 1. The minimum absolute atomic E-state index is 0.0328. The monoisotopic (exact) mass is 309 g/mol. The molecule has 0 aliphatic heterocycles. The first kappa shape index (κ1) is 15.4. The number of sulfonamides is 1. The SMILES string of the molecule is CNC(C)c1ccccc1NS(=O)(=O)c1cncc(F)c1. The Morgan fingerprint density at radius 2 is 1.95 bits per heavy atom. The summed E-state index contributed by atoms with van der Waals surface area (Å²) in [5.74, 6) is -0.699. The molecule has 0 aliphatic rings. The van der Waals surface area contributed by atoms with Gasteiger partial charge in [0.05, 0.1) is 11.9 Å². The highest BCUT2D eigenvalue weighted by atomic mass is 32.2. The van der Waals surface area contributed by atoms with E-state index >= 15 is 0 Å². The molecule has 0 saturated carbocycles. The van der Waals surface area contributed by atoms with E-state index in [4.69, 9.17) is 0 Å². The number of anilines is 1. The Kier molecular flexibility index (Phi) is 4.54. The third-order valence-electron chi connectivity index (χ3n) is 3.09. The van der Waals surface area contributed by atoms with Crippen LogP contribution in [0.15, 0.2) is 47.6 Å². The van der Waals surface area contributed by atoms with Gasteiger partial charge in [-0.1, -0.05) is 18.2 Å². The van der Waals surface area contributed by atoms with Crippen molar-refractivity contribution in [3.8, 4) is 0 Å². The van der Waals surface area contributed by atoms with E-state index in [-0.39, 0.29) is 10.9 Å². The first-order valence-electron chi connectivity index (χ1n) is 6.33. The number of halogens is 1. The van der Waals surface area contributed by atoms with E-state index in [1.807, 2.05) is 19.1 Å².